The molecule has 0 unspecified atom stereocenters. The monoisotopic (exact) mass is 356 g/mol. The minimum absolute atomic E-state index is 0.0448. The molecule has 1 fully saturated rings. The maximum Gasteiger partial charge on any atom is 0.246 e. The van der Waals surface area contributed by atoms with Crippen LogP contribution in [0.1, 0.15) is 44.5 Å². The van der Waals surface area contributed by atoms with Gasteiger partial charge in [-0.15, -0.1) is 0 Å². The highest BCUT2D eigenvalue weighted by molar-refractivity contribution is 7.89. The van der Waals surface area contributed by atoms with Crippen LogP contribution in [0.3, 0.4) is 0 Å². The van der Waals surface area contributed by atoms with Crippen molar-refractivity contribution in [1.29, 1.82) is 0 Å². The zero-order valence-electron chi connectivity index (χ0n) is 14.9. The lowest BCUT2D eigenvalue weighted by Gasteiger charge is -2.30. The number of amides is 1. The normalized spacial score (nSPS) is 17.4. The number of nitrogens with one attached hydrogen (secondary N) is 2. The van der Waals surface area contributed by atoms with Crippen LogP contribution in [0.25, 0.3) is 0 Å². The fourth-order valence-electron chi connectivity index (χ4n) is 3.04. The Bertz CT molecular complexity index is 654. The molecule has 8 heteroatoms. The van der Waals surface area contributed by atoms with Crippen molar-refractivity contribution in [3.05, 3.63) is 11.4 Å². The molecule has 0 saturated carbocycles. The van der Waals surface area contributed by atoms with Gasteiger partial charge in [-0.1, -0.05) is 13.8 Å². The maximum absolute atomic E-state index is 12.8. The number of hydrogen-bond acceptors (Lipinski definition) is 4. The molecule has 0 aromatic carbocycles. The summed E-state index contributed by atoms with van der Waals surface area (Å²) in [5, 5.41) is 9.66. The largest absolute Gasteiger partial charge is 0.356 e. The minimum Gasteiger partial charge on any atom is -0.356 e. The Morgan fingerprint density at radius 2 is 1.96 bits per heavy atom. The third-order valence-electron chi connectivity index (χ3n) is 4.50. The van der Waals surface area contributed by atoms with Gasteiger partial charge in [-0.25, -0.2) is 8.42 Å². The van der Waals surface area contributed by atoms with Crippen LogP contribution < -0.4 is 5.32 Å². The topological polar surface area (TPSA) is 95.2 Å². The van der Waals surface area contributed by atoms with Gasteiger partial charge in [0, 0.05) is 25.6 Å². The molecule has 2 heterocycles. The van der Waals surface area contributed by atoms with Gasteiger partial charge in [-0.3, -0.25) is 9.89 Å². The number of sulfonamides is 1. The second-order valence-corrected chi connectivity index (χ2v) is 8.79. The van der Waals surface area contributed by atoms with Gasteiger partial charge in [0.15, 0.2) is 0 Å². The quantitative estimate of drug-likeness (QED) is 0.809. The molecule has 0 bridgehead atoms. The van der Waals surface area contributed by atoms with Crippen LogP contribution >= 0.6 is 0 Å². The van der Waals surface area contributed by atoms with Crippen LogP contribution in [-0.4, -0.2) is 48.5 Å². The molecule has 0 atom stereocenters. The number of carbonyl (C=O) groups excluding carboxylic acids is 1. The summed E-state index contributed by atoms with van der Waals surface area (Å²) in [6, 6.07) is 0. The van der Waals surface area contributed by atoms with Crippen LogP contribution in [0.4, 0.5) is 0 Å². The fourth-order valence-corrected chi connectivity index (χ4v) is 4.84. The van der Waals surface area contributed by atoms with E-state index in [0.717, 1.165) is 6.42 Å². The van der Waals surface area contributed by atoms with Crippen molar-refractivity contribution in [1.82, 2.24) is 19.8 Å². The number of H-pyrrole nitrogens is 1. The highest BCUT2D eigenvalue weighted by Crippen LogP contribution is 2.26. The van der Waals surface area contributed by atoms with E-state index in [-0.39, 0.29) is 16.7 Å². The first-order chi connectivity index (χ1) is 11.2. The summed E-state index contributed by atoms with van der Waals surface area (Å²) in [7, 11) is -3.55. The first-order valence-electron chi connectivity index (χ1n) is 8.53. The Hall–Kier alpha value is -1.41. The van der Waals surface area contributed by atoms with E-state index in [2.05, 4.69) is 29.4 Å². The molecule has 136 valence electrons. The zero-order valence-corrected chi connectivity index (χ0v) is 15.7. The number of rotatable bonds is 6. The molecule has 1 aliphatic rings. The van der Waals surface area contributed by atoms with Crippen LogP contribution in [-0.2, 0) is 14.8 Å². The Balaban J connectivity index is 1.94. The van der Waals surface area contributed by atoms with E-state index >= 15 is 0 Å². The Morgan fingerprint density at radius 3 is 2.46 bits per heavy atom. The average Bonchev–Trinajstić information content (AvgIpc) is 2.86. The SMILES string of the molecule is Cc1n[nH]c(C)c1S(=O)(=O)N1CCC(C(=O)NCCC(C)C)CC1. The minimum atomic E-state index is -3.55. The molecule has 0 radical (unpaired) electrons. The van der Waals surface area contributed by atoms with E-state index in [1.165, 1.54) is 4.31 Å². The van der Waals surface area contributed by atoms with Gasteiger partial charge in [0.1, 0.15) is 4.90 Å². The Morgan fingerprint density at radius 1 is 1.33 bits per heavy atom. The van der Waals surface area contributed by atoms with Gasteiger partial charge in [-0.2, -0.15) is 9.40 Å². The van der Waals surface area contributed by atoms with Crippen molar-refractivity contribution >= 4 is 15.9 Å². The van der Waals surface area contributed by atoms with Crippen LogP contribution in [0.2, 0.25) is 0 Å². The van der Waals surface area contributed by atoms with Crippen molar-refractivity contribution in [2.75, 3.05) is 19.6 Å². The summed E-state index contributed by atoms with van der Waals surface area (Å²) in [6.07, 6.45) is 2.07. The molecule has 1 saturated heterocycles. The van der Waals surface area contributed by atoms with Gasteiger partial charge in [-0.05, 0) is 39.0 Å². The number of aryl methyl sites for hydroxylation is 2. The molecule has 0 spiro atoms. The van der Waals surface area contributed by atoms with E-state index in [9.17, 15) is 13.2 Å². The summed E-state index contributed by atoms with van der Waals surface area (Å²) < 4.78 is 27.0. The predicted molar refractivity (Wildman–Crippen MR) is 92.0 cm³/mol. The molecule has 1 aliphatic heterocycles. The van der Waals surface area contributed by atoms with Crippen molar-refractivity contribution in [2.24, 2.45) is 11.8 Å². The van der Waals surface area contributed by atoms with Crippen molar-refractivity contribution in [3.63, 3.8) is 0 Å². The van der Waals surface area contributed by atoms with Gasteiger partial charge in [0.25, 0.3) is 0 Å². The maximum atomic E-state index is 12.8. The average molecular weight is 356 g/mol. The smallest absolute Gasteiger partial charge is 0.246 e. The second-order valence-electron chi connectivity index (χ2n) is 6.92. The molecule has 2 N–H and O–H groups in total. The highest BCUT2D eigenvalue weighted by atomic mass is 32.2. The summed E-state index contributed by atoms with van der Waals surface area (Å²) >= 11 is 0. The van der Waals surface area contributed by atoms with Crippen LogP contribution in [0, 0.1) is 25.7 Å². The van der Waals surface area contributed by atoms with E-state index in [0.29, 0.717) is 49.8 Å². The van der Waals surface area contributed by atoms with Crippen molar-refractivity contribution < 1.29 is 13.2 Å². The number of nitrogens with zero attached hydrogens (tertiary/aromatic N) is 2. The highest BCUT2D eigenvalue weighted by Gasteiger charge is 2.34. The third-order valence-corrected chi connectivity index (χ3v) is 6.67. The number of aromatic nitrogens is 2. The molecular weight excluding hydrogens is 328 g/mol. The molecule has 1 aromatic rings. The Kier molecular flexibility index (Phi) is 6.03. The van der Waals surface area contributed by atoms with Crippen LogP contribution in [0.5, 0.6) is 0 Å². The van der Waals surface area contributed by atoms with Crippen LogP contribution in [0.15, 0.2) is 4.90 Å². The lowest BCUT2D eigenvalue weighted by molar-refractivity contribution is -0.126. The molecular formula is C16H28N4O3S. The van der Waals surface area contributed by atoms with E-state index < -0.39 is 10.0 Å². The lowest BCUT2D eigenvalue weighted by Crippen LogP contribution is -2.43. The number of hydrogen-bond donors (Lipinski definition) is 2. The van der Waals surface area contributed by atoms with E-state index in [4.69, 9.17) is 0 Å². The first-order valence-corrected chi connectivity index (χ1v) is 9.97. The van der Waals surface area contributed by atoms with Crippen molar-refractivity contribution in [2.45, 2.75) is 51.9 Å². The molecule has 1 aromatic heterocycles. The van der Waals surface area contributed by atoms with E-state index in [1.807, 2.05) is 0 Å². The summed E-state index contributed by atoms with van der Waals surface area (Å²) in [5.74, 6) is 0.497. The molecule has 7 nitrogen and oxygen atoms in total. The van der Waals surface area contributed by atoms with Gasteiger partial charge in [0.2, 0.25) is 15.9 Å². The fraction of sp³-hybridized carbons (Fsp3) is 0.750. The predicted octanol–water partition coefficient (Wildman–Crippen LogP) is 1.59. The molecule has 0 aliphatic carbocycles. The molecule has 2 rings (SSSR count). The van der Waals surface area contributed by atoms with E-state index in [1.54, 1.807) is 13.8 Å². The number of aromatic amines is 1. The lowest BCUT2D eigenvalue weighted by atomic mass is 9.97. The summed E-state index contributed by atoms with van der Waals surface area (Å²) in [6.45, 7) is 9.06. The van der Waals surface area contributed by atoms with Gasteiger partial charge in [0.05, 0.1) is 11.4 Å². The summed E-state index contributed by atoms with van der Waals surface area (Å²) in [4.78, 5) is 12.4. The Labute approximate surface area is 144 Å². The zero-order chi connectivity index (χ0) is 17.9. The van der Waals surface area contributed by atoms with Gasteiger partial charge < -0.3 is 5.32 Å². The van der Waals surface area contributed by atoms with Crippen molar-refractivity contribution in [3.8, 4) is 0 Å². The standard InChI is InChI=1S/C16H28N4O3S/c1-11(2)5-8-17-16(21)14-6-9-20(10-7-14)24(22,23)15-12(3)18-19-13(15)4/h11,14H,5-10H2,1-4H3,(H,17,21)(H,18,19). The third kappa shape index (κ3) is 4.16. The number of piperidine rings is 1. The summed E-state index contributed by atoms with van der Waals surface area (Å²) in [5.41, 5.74) is 1.04. The molecule has 24 heavy (non-hydrogen) atoms. The van der Waals surface area contributed by atoms with Gasteiger partial charge >= 0.3 is 0 Å². The number of carbonyl (C=O) groups is 1. The molecule has 1 amide bonds. The second kappa shape index (κ2) is 7.65. The first kappa shape index (κ1) is 18.9.